The monoisotopic (exact) mass is 504 g/mol. The molecule has 2 aliphatic rings. The fourth-order valence-corrected chi connectivity index (χ4v) is 4.45. The number of nitrogens with one attached hydrogen (secondary N) is 1. The highest BCUT2D eigenvalue weighted by Crippen LogP contribution is 2.25. The third-order valence-corrected chi connectivity index (χ3v) is 6.50. The minimum absolute atomic E-state index is 0.0153. The zero-order valence-electron chi connectivity index (χ0n) is 20.7. The quantitative estimate of drug-likeness (QED) is 0.507. The largest absolute Gasteiger partial charge is 0.443 e. The molecule has 2 aliphatic heterocycles. The molecule has 11 heteroatoms. The van der Waals surface area contributed by atoms with Gasteiger partial charge in [0, 0.05) is 62.1 Å². The molecule has 3 aromatic rings. The lowest BCUT2D eigenvalue weighted by Crippen LogP contribution is -2.51. The van der Waals surface area contributed by atoms with Crippen LogP contribution in [0.5, 0.6) is 0 Å². The van der Waals surface area contributed by atoms with E-state index >= 15 is 0 Å². The molecular formula is C26H28N6O5. The lowest BCUT2D eigenvalue weighted by Gasteiger charge is -2.35. The second-order valence-corrected chi connectivity index (χ2v) is 9.15. The first kappa shape index (κ1) is 24.4. The van der Waals surface area contributed by atoms with Gasteiger partial charge in [0.2, 0.25) is 11.7 Å². The van der Waals surface area contributed by atoms with Gasteiger partial charge in [-0.15, -0.1) is 0 Å². The first-order chi connectivity index (χ1) is 17.9. The van der Waals surface area contributed by atoms with Crippen molar-refractivity contribution < 1.29 is 23.6 Å². The Morgan fingerprint density at radius 3 is 2.35 bits per heavy atom. The van der Waals surface area contributed by atoms with E-state index in [0.29, 0.717) is 62.2 Å². The van der Waals surface area contributed by atoms with Crippen LogP contribution in [0.4, 0.5) is 21.0 Å². The number of ether oxygens (including phenoxy) is 1. The van der Waals surface area contributed by atoms with Gasteiger partial charge >= 0.3 is 12.1 Å². The number of carbonyl (C=O) groups is 3. The molecule has 1 unspecified atom stereocenters. The minimum Gasteiger partial charge on any atom is -0.443 e. The number of carbonyl (C=O) groups excluding carboxylic acids is 3. The van der Waals surface area contributed by atoms with Crippen molar-refractivity contribution in [2.75, 3.05) is 49.5 Å². The Kier molecular flexibility index (Phi) is 6.87. The van der Waals surface area contributed by atoms with E-state index in [-0.39, 0.29) is 24.0 Å². The molecule has 11 nitrogen and oxygen atoms in total. The summed E-state index contributed by atoms with van der Waals surface area (Å²) in [5, 5.41) is 6.79. The van der Waals surface area contributed by atoms with Gasteiger partial charge in [-0.05, 0) is 55.5 Å². The van der Waals surface area contributed by atoms with Crippen LogP contribution in [0, 0.1) is 6.92 Å². The Hall–Kier alpha value is -4.25. The normalized spacial score (nSPS) is 18.1. The summed E-state index contributed by atoms with van der Waals surface area (Å²) in [4.78, 5) is 46.4. The van der Waals surface area contributed by atoms with Gasteiger partial charge in [-0.1, -0.05) is 5.16 Å². The molecule has 1 N–H and O–H groups in total. The lowest BCUT2D eigenvalue weighted by atomic mass is 10.1. The molecule has 5 rings (SSSR count). The molecule has 1 aromatic heterocycles. The molecule has 0 spiro atoms. The van der Waals surface area contributed by atoms with Crippen LogP contribution in [-0.4, -0.2) is 83.2 Å². The number of hydrogen-bond acceptors (Lipinski definition) is 8. The number of hydrogen-bond donors (Lipinski definition) is 1. The topological polar surface area (TPSA) is 121 Å². The van der Waals surface area contributed by atoms with Crippen molar-refractivity contribution in [3.8, 4) is 11.4 Å². The molecule has 3 heterocycles. The number of aryl methyl sites for hydroxylation is 1. The first-order valence-corrected chi connectivity index (χ1v) is 12.1. The van der Waals surface area contributed by atoms with Gasteiger partial charge in [0.1, 0.15) is 6.10 Å². The van der Waals surface area contributed by atoms with E-state index in [0.717, 1.165) is 11.3 Å². The summed E-state index contributed by atoms with van der Waals surface area (Å²) in [7, 11) is 0. The van der Waals surface area contributed by atoms with Crippen LogP contribution in [0.2, 0.25) is 0 Å². The van der Waals surface area contributed by atoms with Crippen LogP contribution in [-0.2, 0) is 4.74 Å². The lowest BCUT2D eigenvalue weighted by molar-refractivity contribution is 0.0863. The third kappa shape index (κ3) is 5.61. The predicted molar refractivity (Wildman–Crippen MR) is 136 cm³/mol. The SMILES string of the molecule is CC(=O)c1ccc(NC(=O)N2CCN(CC3CN(c4ccc(-c5noc(C)n5)cc4)C(=O)O3)CC2)cc1. The average molecular weight is 505 g/mol. The summed E-state index contributed by atoms with van der Waals surface area (Å²) in [6, 6.07) is 14.1. The fourth-order valence-electron chi connectivity index (χ4n) is 4.45. The molecular weight excluding hydrogens is 476 g/mol. The Balaban J connectivity index is 1.09. The van der Waals surface area contributed by atoms with Gasteiger partial charge in [0.25, 0.3) is 0 Å². The molecule has 1 atom stereocenters. The number of amides is 3. The fraction of sp³-hybridized carbons (Fsp3) is 0.346. The van der Waals surface area contributed by atoms with E-state index in [1.165, 1.54) is 6.92 Å². The highest BCUT2D eigenvalue weighted by atomic mass is 16.6. The number of urea groups is 1. The number of Topliss-reactive ketones (excluding diaryl/α,β-unsaturated/α-hetero) is 1. The predicted octanol–water partition coefficient (Wildman–Crippen LogP) is 3.42. The standard InChI is InChI=1S/C26H28N6O5/c1-17(33)19-3-7-21(8-4-19)28-25(34)31-13-11-30(12-14-31)15-23-16-32(26(35)36-23)22-9-5-20(6-10-22)24-27-18(2)37-29-24/h3-10,23H,11-16H2,1-2H3,(H,28,34). The molecule has 2 fully saturated rings. The Morgan fingerprint density at radius 1 is 1.03 bits per heavy atom. The Labute approximate surface area is 214 Å². The van der Waals surface area contributed by atoms with E-state index in [4.69, 9.17) is 9.26 Å². The van der Waals surface area contributed by atoms with Crippen molar-refractivity contribution in [1.29, 1.82) is 0 Å². The molecule has 2 aromatic carbocycles. The van der Waals surface area contributed by atoms with Gasteiger partial charge < -0.3 is 19.5 Å². The molecule has 0 aliphatic carbocycles. The molecule has 0 saturated carbocycles. The maximum absolute atomic E-state index is 12.6. The maximum Gasteiger partial charge on any atom is 0.414 e. The number of anilines is 2. The molecule has 3 amide bonds. The van der Waals surface area contributed by atoms with Crippen molar-refractivity contribution >= 4 is 29.3 Å². The average Bonchev–Trinajstić information content (AvgIpc) is 3.50. The van der Waals surface area contributed by atoms with Crippen LogP contribution >= 0.6 is 0 Å². The van der Waals surface area contributed by atoms with Crippen LogP contribution in [0.15, 0.2) is 53.1 Å². The second-order valence-electron chi connectivity index (χ2n) is 9.15. The van der Waals surface area contributed by atoms with Gasteiger partial charge in [-0.3, -0.25) is 14.6 Å². The number of benzene rings is 2. The van der Waals surface area contributed by atoms with Crippen molar-refractivity contribution in [2.45, 2.75) is 20.0 Å². The van der Waals surface area contributed by atoms with E-state index in [2.05, 4.69) is 20.4 Å². The van der Waals surface area contributed by atoms with Crippen LogP contribution in [0.1, 0.15) is 23.2 Å². The number of cyclic esters (lactones) is 1. The maximum atomic E-state index is 12.6. The summed E-state index contributed by atoms with van der Waals surface area (Å²) >= 11 is 0. The van der Waals surface area contributed by atoms with Crippen molar-refractivity contribution in [3.63, 3.8) is 0 Å². The Morgan fingerprint density at radius 2 is 1.73 bits per heavy atom. The van der Waals surface area contributed by atoms with Crippen LogP contribution in [0.3, 0.4) is 0 Å². The molecule has 37 heavy (non-hydrogen) atoms. The van der Waals surface area contributed by atoms with Gasteiger partial charge in [-0.2, -0.15) is 4.98 Å². The molecule has 0 bridgehead atoms. The summed E-state index contributed by atoms with van der Waals surface area (Å²) in [5.74, 6) is 0.982. The summed E-state index contributed by atoms with van der Waals surface area (Å²) < 4.78 is 10.6. The van der Waals surface area contributed by atoms with Crippen molar-refractivity contribution in [3.05, 3.63) is 60.0 Å². The molecule has 2 saturated heterocycles. The summed E-state index contributed by atoms with van der Waals surface area (Å²) in [6.45, 7) is 6.80. The van der Waals surface area contributed by atoms with Crippen LogP contribution in [0.25, 0.3) is 11.4 Å². The number of rotatable bonds is 6. The zero-order valence-corrected chi connectivity index (χ0v) is 20.7. The van der Waals surface area contributed by atoms with Gasteiger partial charge in [0.05, 0.1) is 6.54 Å². The third-order valence-electron chi connectivity index (χ3n) is 6.50. The number of nitrogens with zero attached hydrogens (tertiary/aromatic N) is 5. The van der Waals surface area contributed by atoms with Gasteiger partial charge in [0.15, 0.2) is 5.78 Å². The second kappa shape index (κ2) is 10.4. The van der Waals surface area contributed by atoms with E-state index < -0.39 is 0 Å². The number of aromatic nitrogens is 2. The number of piperazine rings is 1. The molecule has 192 valence electrons. The van der Waals surface area contributed by atoms with E-state index in [1.807, 2.05) is 24.3 Å². The Bertz CT molecular complexity index is 1280. The first-order valence-electron chi connectivity index (χ1n) is 12.1. The highest BCUT2D eigenvalue weighted by Gasteiger charge is 2.34. The zero-order chi connectivity index (χ0) is 25.9. The minimum atomic E-state index is -0.373. The van der Waals surface area contributed by atoms with E-state index in [9.17, 15) is 14.4 Å². The van der Waals surface area contributed by atoms with Crippen molar-refractivity contribution in [2.24, 2.45) is 0 Å². The highest BCUT2D eigenvalue weighted by molar-refractivity contribution is 5.95. The van der Waals surface area contributed by atoms with E-state index in [1.54, 1.807) is 41.0 Å². The smallest absolute Gasteiger partial charge is 0.414 e. The summed E-state index contributed by atoms with van der Waals surface area (Å²) in [6.07, 6.45) is -0.630. The number of ketones is 1. The van der Waals surface area contributed by atoms with Gasteiger partial charge in [-0.25, -0.2) is 9.59 Å². The van der Waals surface area contributed by atoms with Crippen LogP contribution < -0.4 is 10.2 Å². The molecule has 0 radical (unpaired) electrons. The van der Waals surface area contributed by atoms with Crippen molar-refractivity contribution in [1.82, 2.24) is 19.9 Å². The summed E-state index contributed by atoms with van der Waals surface area (Å²) in [5.41, 5.74) is 2.80.